The molecule has 1 aliphatic rings. The normalized spacial score (nSPS) is 14.0. The predicted octanol–water partition coefficient (Wildman–Crippen LogP) is 3.22. The van der Waals surface area contributed by atoms with Gasteiger partial charge in [-0.2, -0.15) is 0 Å². The third kappa shape index (κ3) is 2.85. The van der Waals surface area contributed by atoms with Crippen molar-refractivity contribution in [2.24, 2.45) is 0 Å². The molecule has 4 rings (SSSR count). The Morgan fingerprint density at radius 3 is 2.64 bits per heavy atom. The van der Waals surface area contributed by atoms with Crippen molar-refractivity contribution in [2.45, 2.75) is 6.61 Å². The molecule has 8 heteroatoms. The van der Waals surface area contributed by atoms with Crippen molar-refractivity contribution < 1.29 is 24.0 Å². The quantitative estimate of drug-likeness (QED) is 0.316. The van der Waals surface area contributed by atoms with Gasteiger partial charge in [0.05, 0.1) is 22.7 Å². The molecule has 0 aliphatic carbocycles. The summed E-state index contributed by atoms with van der Waals surface area (Å²) in [7, 11) is 1.58. The molecule has 0 saturated carbocycles. The molecule has 1 aliphatic heterocycles. The molecule has 8 nitrogen and oxygen atoms in total. The number of nitro groups is 1. The number of benzene rings is 2. The van der Waals surface area contributed by atoms with Crippen LogP contribution >= 0.6 is 0 Å². The van der Waals surface area contributed by atoms with Crippen molar-refractivity contribution in [2.75, 3.05) is 7.11 Å². The second kappa shape index (κ2) is 6.75. The van der Waals surface area contributed by atoms with Gasteiger partial charge in [0, 0.05) is 41.9 Å². The Morgan fingerprint density at radius 1 is 1.11 bits per heavy atom. The van der Waals surface area contributed by atoms with Crippen LogP contribution in [0.2, 0.25) is 0 Å². The number of ether oxygens (including phenoxy) is 2. The Balaban J connectivity index is 1.95. The van der Waals surface area contributed by atoms with Gasteiger partial charge in [0.2, 0.25) is 0 Å². The number of nitrogens with one attached hydrogen (secondary N) is 1. The number of hydrogen-bond acceptors (Lipinski definition) is 6. The van der Waals surface area contributed by atoms with E-state index in [4.69, 9.17) is 9.47 Å². The highest BCUT2D eigenvalue weighted by Crippen LogP contribution is 2.38. The fraction of sp³-hybridized carbons (Fsp3) is 0.100. The van der Waals surface area contributed by atoms with Crippen LogP contribution in [0.1, 0.15) is 16.7 Å². The SMILES string of the molecule is COCc1ccc2[nH]cc(C3=C(c4cccc([N+](=O)[O-])c4)C(=O)OC3=O)c2c1. The van der Waals surface area contributed by atoms with Crippen LogP contribution in [-0.4, -0.2) is 29.0 Å². The number of rotatable bonds is 5. The summed E-state index contributed by atoms with van der Waals surface area (Å²) < 4.78 is 9.98. The molecule has 2 aromatic carbocycles. The average Bonchev–Trinajstić information content (AvgIpc) is 3.21. The van der Waals surface area contributed by atoms with Gasteiger partial charge in [-0.1, -0.05) is 18.2 Å². The maximum absolute atomic E-state index is 12.5. The smallest absolute Gasteiger partial charge is 0.347 e. The Hall–Kier alpha value is -3.78. The van der Waals surface area contributed by atoms with Gasteiger partial charge in [-0.15, -0.1) is 0 Å². The van der Waals surface area contributed by atoms with E-state index in [-0.39, 0.29) is 22.4 Å². The van der Waals surface area contributed by atoms with Crippen LogP contribution in [0.25, 0.3) is 22.0 Å². The molecule has 3 aromatic rings. The fourth-order valence-electron chi connectivity index (χ4n) is 3.30. The first-order chi connectivity index (χ1) is 13.5. The molecular formula is C20H14N2O6. The van der Waals surface area contributed by atoms with Gasteiger partial charge in [-0.05, 0) is 23.3 Å². The number of carbonyl (C=O) groups excluding carboxylic acids is 2. The molecule has 28 heavy (non-hydrogen) atoms. The third-order valence-corrected chi connectivity index (χ3v) is 4.52. The number of hydrogen-bond donors (Lipinski definition) is 1. The van der Waals surface area contributed by atoms with E-state index in [9.17, 15) is 19.7 Å². The molecule has 0 unspecified atom stereocenters. The molecule has 0 atom stereocenters. The van der Waals surface area contributed by atoms with E-state index in [1.807, 2.05) is 18.2 Å². The van der Waals surface area contributed by atoms with Crippen molar-refractivity contribution in [1.29, 1.82) is 0 Å². The third-order valence-electron chi connectivity index (χ3n) is 4.52. The van der Waals surface area contributed by atoms with Gasteiger partial charge in [0.1, 0.15) is 0 Å². The number of H-pyrrole nitrogens is 1. The number of esters is 2. The molecule has 2 heterocycles. The topological polar surface area (TPSA) is 112 Å². The molecule has 0 fully saturated rings. The maximum Gasteiger partial charge on any atom is 0.347 e. The zero-order chi connectivity index (χ0) is 19.8. The van der Waals surface area contributed by atoms with Crippen LogP contribution < -0.4 is 0 Å². The van der Waals surface area contributed by atoms with E-state index in [2.05, 4.69) is 4.98 Å². The molecule has 1 aromatic heterocycles. The first-order valence-corrected chi connectivity index (χ1v) is 8.34. The lowest BCUT2D eigenvalue weighted by atomic mass is 9.95. The highest BCUT2D eigenvalue weighted by molar-refractivity contribution is 6.45. The number of fused-ring (bicyclic) bond motifs is 1. The van der Waals surface area contributed by atoms with E-state index >= 15 is 0 Å². The van der Waals surface area contributed by atoms with Gasteiger partial charge >= 0.3 is 11.9 Å². The minimum absolute atomic E-state index is 0.00624. The van der Waals surface area contributed by atoms with Crippen LogP contribution in [0.15, 0.2) is 48.7 Å². The van der Waals surface area contributed by atoms with Gasteiger partial charge in [-0.3, -0.25) is 10.1 Å². The first-order valence-electron chi connectivity index (χ1n) is 8.34. The van der Waals surface area contributed by atoms with Crippen LogP contribution in [0, 0.1) is 10.1 Å². The molecule has 0 spiro atoms. The number of aromatic amines is 1. The Bertz CT molecular complexity index is 1170. The van der Waals surface area contributed by atoms with Gasteiger partial charge in [0.25, 0.3) is 5.69 Å². The highest BCUT2D eigenvalue weighted by Gasteiger charge is 2.36. The molecular weight excluding hydrogens is 364 g/mol. The summed E-state index contributed by atoms with van der Waals surface area (Å²) in [4.78, 5) is 38.4. The monoisotopic (exact) mass is 378 g/mol. The minimum atomic E-state index is -0.831. The number of carbonyl (C=O) groups is 2. The number of non-ortho nitro benzene ring substituents is 1. The van der Waals surface area contributed by atoms with Crippen molar-refractivity contribution in [3.05, 3.63) is 75.5 Å². The van der Waals surface area contributed by atoms with Crippen molar-refractivity contribution in [3.63, 3.8) is 0 Å². The first kappa shape index (κ1) is 17.6. The van der Waals surface area contributed by atoms with Crippen LogP contribution in [-0.2, 0) is 25.7 Å². The Kier molecular flexibility index (Phi) is 4.25. The molecule has 0 amide bonds. The van der Waals surface area contributed by atoms with Gasteiger partial charge < -0.3 is 14.5 Å². The molecule has 0 saturated heterocycles. The Morgan fingerprint density at radius 2 is 1.89 bits per heavy atom. The summed E-state index contributed by atoms with van der Waals surface area (Å²) in [5, 5.41) is 11.8. The second-order valence-electron chi connectivity index (χ2n) is 6.25. The lowest BCUT2D eigenvalue weighted by Crippen LogP contribution is -2.02. The van der Waals surface area contributed by atoms with E-state index in [0.29, 0.717) is 12.2 Å². The largest absolute Gasteiger partial charge is 0.386 e. The number of aromatic nitrogens is 1. The fourth-order valence-corrected chi connectivity index (χ4v) is 3.30. The average molecular weight is 378 g/mol. The van der Waals surface area contributed by atoms with Gasteiger partial charge in [0.15, 0.2) is 0 Å². The molecule has 1 N–H and O–H groups in total. The summed E-state index contributed by atoms with van der Waals surface area (Å²) >= 11 is 0. The summed E-state index contributed by atoms with van der Waals surface area (Å²) in [6, 6.07) is 11.2. The lowest BCUT2D eigenvalue weighted by Gasteiger charge is -2.04. The van der Waals surface area contributed by atoms with Crippen molar-refractivity contribution in [3.8, 4) is 0 Å². The Labute approximate surface area is 158 Å². The zero-order valence-corrected chi connectivity index (χ0v) is 14.7. The highest BCUT2D eigenvalue weighted by atomic mass is 16.6. The lowest BCUT2D eigenvalue weighted by molar-refractivity contribution is -0.384. The summed E-state index contributed by atoms with van der Waals surface area (Å²) in [6.45, 7) is 0.390. The molecule has 0 bridgehead atoms. The van der Waals surface area contributed by atoms with Crippen LogP contribution in [0.4, 0.5) is 5.69 Å². The van der Waals surface area contributed by atoms with E-state index in [1.165, 1.54) is 24.3 Å². The summed E-state index contributed by atoms with van der Waals surface area (Å²) in [5.74, 6) is -1.62. The van der Waals surface area contributed by atoms with E-state index < -0.39 is 16.9 Å². The van der Waals surface area contributed by atoms with Crippen molar-refractivity contribution in [1.82, 2.24) is 4.98 Å². The standard InChI is InChI=1S/C20H14N2O6/c1-27-10-11-5-6-16-14(7-11)15(9-21-16)18-17(19(23)28-20(18)24)12-3-2-4-13(8-12)22(25)26/h2-9,21H,10H2,1H3. The van der Waals surface area contributed by atoms with Crippen molar-refractivity contribution >= 4 is 39.7 Å². The van der Waals surface area contributed by atoms with Crippen LogP contribution in [0.5, 0.6) is 0 Å². The second-order valence-corrected chi connectivity index (χ2v) is 6.25. The summed E-state index contributed by atoms with van der Waals surface area (Å²) in [5.41, 5.74) is 2.31. The number of nitro benzene ring substituents is 1. The summed E-state index contributed by atoms with van der Waals surface area (Å²) in [6.07, 6.45) is 1.62. The maximum atomic E-state index is 12.5. The number of methoxy groups -OCH3 is 1. The van der Waals surface area contributed by atoms with E-state index in [1.54, 1.807) is 13.3 Å². The van der Waals surface area contributed by atoms with Crippen LogP contribution in [0.3, 0.4) is 0 Å². The predicted molar refractivity (Wildman–Crippen MR) is 100 cm³/mol. The zero-order valence-electron chi connectivity index (χ0n) is 14.7. The minimum Gasteiger partial charge on any atom is -0.386 e. The van der Waals surface area contributed by atoms with E-state index in [0.717, 1.165) is 16.5 Å². The molecule has 140 valence electrons. The number of nitrogens with zero attached hydrogens (tertiary/aromatic N) is 1. The molecule has 0 radical (unpaired) electrons. The number of cyclic esters (lactones) is 2. The van der Waals surface area contributed by atoms with Gasteiger partial charge in [-0.25, -0.2) is 9.59 Å².